The Morgan fingerprint density at radius 1 is 1.10 bits per heavy atom. The molecular formula is C23H19N5O2S. The van der Waals surface area contributed by atoms with Gasteiger partial charge in [0.15, 0.2) is 5.16 Å². The van der Waals surface area contributed by atoms with Crippen molar-refractivity contribution < 1.29 is 4.79 Å². The van der Waals surface area contributed by atoms with Crippen molar-refractivity contribution in [3.63, 3.8) is 0 Å². The number of hydrogen-bond donors (Lipinski definition) is 1. The van der Waals surface area contributed by atoms with Crippen LogP contribution >= 0.6 is 11.8 Å². The van der Waals surface area contributed by atoms with Gasteiger partial charge >= 0.3 is 0 Å². The molecule has 0 saturated carbocycles. The van der Waals surface area contributed by atoms with E-state index in [2.05, 4.69) is 20.5 Å². The van der Waals surface area contributed by atoms with Crippen LogP contribution in [0.1, 0.15) is 11.3 Å². The second-order valence-electron chi connectivity index (χ2n) is 6.68. The zero-order chi connectivity index (χ0) is 21.6. The molecule has 4 rings (SSSR count). The summed E-state index contributed by atoms with van der Waals surface area (Å²) in [6.45, 7) is 1.93. The van der Waals surface area contributed by atoms with Crippen molar-refractivity contribution in [2.24, 2.45) is 5.10 Å². The molecule has 4 aromatic rings. The zero-order valence-corrected chi connectivity index (χ0v) is 17.5. The third-order valence-corrected chi connectivity index (χ3v) is 5.45. The minimum atomic E-state index is -0.309. The van der Waals surface area contributed by atoms with Gasteiger partial charge in [-0.2, -0.15) is 5.10 Å². The quantitative estimate of drug-likeness (QED) is 0.220. The summed E-state index contributed by atoms with van der Waals surface area (Å²) in [4.78, 5) is 34.3. The molecule has 0 aliphatic carbocycles. The number of nitrogens with zero attached hydrogens (tertiary/aromatic N) is 4. The van der Waals surface area contributed by atoms with Gasteiger partial charge in [-0.05, 0) is 42.8 Å². The van der Waals surface area contributed by atoms with E-state index in [0.717, 1.165) is 11.3 Å². The third kappa shape index (κ3) is 4.70. The molecule has 0 atom stereocenters. The van der Waals surface area contributed by atoms with E-state index in [4.69, 9.17) is 0 Å². The van der Waals surface area contributed by atoms with E-state index >= 15 is 0 Å². The van der Waals surface area contributed by atoms with Crippen LogP contribution in [-0.4, -0.2) is 32.4 Å². The van der Waals surface area contributed by atoms with Gasteiger partial charge in [0.05, 0.1) is 34.3 Å². The molecule has 31 heavy (non-hydrogen) atoms. The summed E-state index contributed by atoms with van der Waals surface area (Å²) < 4.78 is 1.56. The summed E-state index contributed by atoms with van der Waals surface area (Å²) in [6, 6.07) is 20.2. The number of amides is 1. The smallest absolute Gasteiger partial charge is 0.266 e. The van der Waals surface area contributed by atoms with E-state index in [-0.39, 0.29) is 17.2 Å². The SMILES string of the molecule is Cc1ccccc1-n1c(SCC(=O)NN=Cc2ccccn2)nc2ccccc2c1=O. The topological polar surface area (TPSA) is 89.2 Å². The Bertz CT molecular complexity index is 1320. The van der Waals surface area contributed by atoms with Gasteiger partial charge in [0.2, 0.25) is 0 Å². The van der Waals surface area contributed by atoms with Crippen molar-refractivity contribution in [2.75, 3.05) is 5.75 Å². The number of benzene rings is 2. The molecule has 0 spiro atoms. The Kier molecular flexibility index (Phi) is 6.18. The summed E-state index contributed by atoms with van der Waals surface area (Å²) in [6.07, 6.45) is 3.12. The number of para-hydroxylation sites is 2. The lowest BCUT2D eigenvalue weighted by molar-refractivity contribution is -0.118. The van der Waals surface area contributed by atoms with Crippen molar-refractivity contribution in [2.45, 2.75) is 12.1 Å². The molecule has 0 unspecified atom stereocenters. The first-order valence-corrected chi connectivity index (χ1v) is 10.6. The minimum absolute atomic E-state index is 0.0518. The number of aryl methyl sites for hydroxylation is 1. The molecule has 1 N–H and O–H groups in total. The predicted octanol–water partition coefficient (Wildman–Crippen LogP) is 3.33. The maximum atomic E-state index is 13.3. The number of aromatic nitrogens is 3. The van der Waals surface area contributed by atoms with Crippen molar-refractivity contribution in [3.05, 3.63) is 94.5 Å². The number of rotatable bonds is 6. The molecule has 8 heteroatoms. The molecule has 154 valence electrons. The molecule has 7 nitrogen and oxygen atoms in total. The molecule has 0 saturated heterocycles. The number of carbonyl (C=O) groups excluding carboxylic acids is 1. The monoisotopic (exact) mass is 429 g/mol. The highest BCUT2D eigenvalue weighted by molar-refractivity contribution is 7.99. The van der Waals surface area contributed by atoms with Crippen LogP contribution < -0.4 is 11.0 Å². The van der Waals surface area contributed by atoms with Crippen molar-refractivity contribution in [3.8, 4) is 5.69 Å². The Balaban J connectivity index is 1.60. The maximum absolute atomic E-state index is 13.3. The normalized spacial score (nSPS) is 11.1. The fraction of sp³-hybridized carbons (Fsp3) is 0.0870. The fourth-order valence-corrected chi connectivity index (χ4v) is 3.82. The second kappa shape index (κ2) is 9.36. The first-order valence-electron chi connectivity index (χ1n) is 9.57. The number of pyridine rings is 1. The lowest BCUT2D eigenvalue weighted by Crippen LogP contribution is -2.24. The standard InChI is InChI=1S/C23H19N5O2S/c1-16-8-2-5-12-20(16)28-22(30)18-10-3-4-11-19(18)26-23(28)31-15-21(29)27-25-14-17-9-6-7-13-24-17/h2-14H,15H2,1H3,(H,27,29). The highest BCUT2D eigenvalue weighted by atomic mass is 32.2. The van der Waals surface area contributed by atoms with E-state index in [1.54, 1.807) is 35.0 Å². The average molecular weight is 430 g/mol. The van der Waals surface area contributed by atoms with Crippen LogP contribution in [0.15, 0.2) is 88.0 Å². The van der Waals surface area contributed by atoms with Gasteiger partial charge in [0.1, 0.15) is 0 Å². The second-order valence-corrected chi connectivity index (χ2v) is 7.62. The number of nitrogens with one attached hydrogen (secondary N) is 1. The zero-order valence-electron chi connectivity index (χ0n) is 16.7. The largest absolute Gasteiger partial charge is 0.272 e. The van der Waals surface area contributed by atoms with E-state index in [1.807, 2.05) is 49.4 Å². The lowest BCUT2D eigenvalue weighted by Gasteiger charge is -2.14. The van der Waals surface area contributed by atoms with E-state index in [9.17, 15) is 9.59 Å². The average Bonchev–Trinajstić information content (AvgIpc) is 2.79. The van der Waals surface area contributed by atoms with Crippen LogP contribution in [0.3, 0.4) is 0 Å². The first kappa shape index (κ1) is 20.5. The molecule has 2 aromatic carbocycles. The molecule has 0 radical (unpaired) electrons. The summed E-state index contributed by atoms with van der Waals surface area (Å²) >= 11 is 1.18. The number of fused-ring (bicyclic) bond motifs is 1. The van der Waals surface area contributed by atoms with Gasteiger partial charge in [-0.15, -0.1) is 0 Å². The van der Waals surface area contributed by atoms with Crippen LogP contribution in [0.25, 0.3) is 16.6 Å². The van der Waals surface area contributed by atoms with E-state index < -0.39 is 0 Å². The van der Waals surface area contributed by atoms with Gasteiger partial charge in [0.25, 0.3) is 11.5 Å². The summed E-state index contributed by atoms with van der Waals surface area (Å²) in [5, 5.41) is 4.90. The minimum Gasteiger partial charge on any atom is -0.272 e. The highest BCUT2D eigenvalue weighted by Crippen LogP contribution is 2.22. The summed E-state index contributed by atoms with van der Waals surface area (Å²) in [5.74, 6) is -0.258. The Morgan fingerprint density at radius 3 is 2.68 bits per heavy atom. The van der Waals surface area contributed by atoms with Gasteiger partial charge in [-0.3, -0.25) is 19.1 Å². The highest BCUT2D eigenvalue weighted by Gasteiger charge is 2.15. The number of hydrogen-bond acceptors (Lipinski definition) is 6. The summed E-state index contributed by atoms with van der Waals surface area (Å²) in [5.41, 5.74) is 5.21. The Hall–Kier alpha value is -3.78. The van der Waals surface area contributed by atoms with E-state index in [0.29, 0.717) is 21.8 Å². The molecule has 0 fully saturated rings. The molecule has 2 heterocycles. The molecule has 2 aromatic heterocycles. The van der Waals surface area contributed by atoms with Crippen molar-refractivity contribution >= 4 is 34.8 Å². The van der Waals surface area contributed by atoms with Crippen LogP contribution in [0.5, 0.6) is 0 Å². The molecule has 0 aliphatic heterocycles. The van der Waals surface area contributed by atoms with Crippen LogP contribution in [0.2, 0.25) is 0 Å². The summed E-state index contributed by atoms with van der Waals surface area (Å²) in [7, 11) is 0. The lowest BCUT2D eigenvalue weighted by atomic mass is 10.2. The van der Waals surface area contributed by atoms with Gasteiger partial charge in [0, 0.05) is 6.20 Å². The van der Waals surface area contributed by atoms with Crippen molar-refractivity contribution in [1.29, 1.82) is 0 Å². The molecule has 0 bridgehead atoms. The van der Waals surface area contributed by atoms with Crippen LogP contribution in [0.4, 0.5) is 0 Å². The number of thioether (sulfide) groups is 1. The molecular weight excluding hydrogens is 410 g/mol. The van der Waals surface area contributed by atoms with Gasteiger partial charge < -0.3 is 0 Å². The molecule has 0 aliphatic rings. The Labute approximate surface area is 182 Å². The maximum Gasteiger partial charge on any atom is 0.266 e. The fourth-order valence-electron chi connectivity index (χ4n) is 3.02. The van der Waals surface area contributed by atoms with Crippen molar-refractivity contribution in [1.82, 2.24) is 20.0 Å². The Morgan fingerprint density at radius 2 is 1.87 bits per heavy atom. The predicted molar refractivity (Wildman–Crippen MR) is 123 cm³/mol. The van der Waals surface area contributed by atoms with E-state index in [1.165, 1.54) is 18.0 Å². The number of carbonyl (C=O) groups is 1. The van der Waals surface area contributed by atoms with Crippen LogP contribution in [-0.2, 0) is 4.79 Å². The third-order valence-electron chi connectivity index (χ3n) is 4.51. The van der Waals surface area contributed by atoms with Gasteiger partial charge in [-0.1, -0.05) is 48.2 Å². The first-order chi connectivity index (χ1) is 15.1. The van der Waals surface area contributed by atoms with Gasteiger partial charge in [-0.25, -0.2) is 10.4 Å². The van der Waals surface area contributed by atoms with Crippen LogP contribution in [0, 0.1) is 6.92 Å². The number of hydrazone groups is 1. The molecule has 1 amide bonds.